The zero-order valence-corrected chi connectivity index (χ0v) is 8.82. The van der Waals surface area contributed by atoms with Crippen LogP contribution in [-0.4, -0.2) is 13.2 Å². The summed E-state index contributed by atoms with van der Waals surface area (Å²) in [6, 6.07) is 2.72. The third-order valence-electron chi connectivity index (χ3n) is 1.66. The highest BCUT2D eigenvalue weighted by molar-refractivity contribution is 6.31. The van der Waals surface area contributed by atoms with Crippen LogP contribution in [0, 0.1) is 0 Å². The van der Waals surface area contributed by atoms with Gasteiger partial charge in [-0.05, 0) is 18.2 Å². The molecular formula is C9H7ClF3NO2. The summed E-state index contributed by atoms with van der Waals surface area (Å²) in [6.07, 6.45) is -5.38. The number of methoxy groups -OCH3 is 1. The fraction of sp³-hybridized carbons (Fsp3) is 0.222. The maximum absolute atomic E-state index is 12.4. The highest BCUT2D eigenvalue weighted by Gasteiger charge is 2.31. The Hall–Kier alpha value is -1.43. The first kappa shape index (κ1) is 12.6. The highest BCUT2D eigenvalue weighted by atomic mass is 35.5. The fourth-order valence-electron chi connectivity index (χ4n) is 0.994. The predicted molar refractivity (Wildman–Crippen MR) is 52.5 cm³/mol. The Morgan fingerprint density at radius 2 is 2.00 bits per heavy atom. The Morgan fingerprint density at radius 3 is 2.50 bits per heavy atom. The maximum Gasteiger partial charge on any atom is 0.416 e. The zero-order valence-electron chi connectivity index (χ0n) is 8.06. The number of hydrogen-bond acceptors (Lipinski definition) is 2. The first-order chi connectivity index (χ1) is 7.32. The SMILES string of the molecule is COC(=O)Nc1cc(Cl)cc(C(F)(F)F)c1. The maximum atomic E-state index is 12.4. The van der Waals surface area contributed by atoms with Crippen LogP contribution in [0.4, 0.5) is 23.7 Å². The average Bonchev–Trinajstić information content (AvgIpc) is 2.15. The van der Waals surface area contributed by atoms with E-state index in [1.54, 1.807) is 0 Å². The number of nitrogens with one attached hydrogen (secondary N) is 1. The van der Waals surface area contributed by atoms with Gasteiger partial charge < -0.3 is 4.74 Å². The van der Waals surface area contributed by atoms with Crippen molar-refractivity contribution in [1.29, 1.82) is 0 Å². The molecule has 7 heteroatoms. The van der Waals surface area contributed by atoms with Gasteiger partial charge in [0.15, 0.2) is 0 Å². The smallest absolute Gasteiger partial charge is 0.416 e. The van der Waals surface area contributed by atoms with Crippen molar-refractivity contribution in [3.63, 3.8) is 0 Å². The van der Waals surface area contributed by atoms with Gasteiger partial charge in [0.25, 0.3) is 0 Å². The molecule has 1 aromatic rings. The van der Waals surface area contributed by atoms with E-state index in [0.717, 1.165) is 19.2 Å². The van der Waals surface area contributed by atoms with Crippen LogP contribution in [0.2, 0.25) is 5.02 Å². The summed E-state index contributed by atoms with van der Waals surface area (Å²) in [5, 5.41) is 1.98. The van der Waals surface area contributed by atoms with Crippen LogP contribution in [-0.2, 0) is 10.9 Å². The summed E-state index contributed by atoms with van der Waals surface area (Å²) in [7, 11) is 1.10. The molecule has 1 aromatic carbocycles. The van der Waals surface area contributed by atoms with E-state index in [1.807, 2.05) is 0 Å². The minimum atomic E-state index is -4.52. The Labute approximate surface area is 94.2 Å². The molecular weight excluding hydrogens is 247 g/mol. The summed E-state index contributed by atoms with van der Waals surface area (Å²) in [6.45, 7) is 0. The molecule has 16 heavy (non-hydrogen) atoms. The number of carbonyl (C=O) groups is 1. The number of benzene rings is 1. The van der Waals surface area contributed by atoms with E-state index in [2.05, 4.69) is 10.1 Å². The Morgan fingerprint density at radius 1 is 1.38 bits per heavy atom. The standard InChI is InChI=1S/C9H7ClF3NO2/c1-16-8(15)14-7-3-5(9(11,12)13)2-6(10)4-7/h2-4H,1H3,(H,14,15). The van der Waals surface area contributed by atoms with Crippen LogP contribution in [0.3, 0.4) is 0 Å². The molecule has 0 aliphatic rings. The van der Waals surface area contributed by atoms with Gasteiger partial charge in [0.1, 0.15) is 0 Å². The quantitative estimate of drug-likeness (QED) is 0.831. The van der Waals surface area contributed by atoms with E-state index in [1.165, 1.54) is 6.07 Å². The molecule has 0 atom stereocenters. The van der Waals surface area contributed by atoms with E-state index in [0.29, 0.717) is 0 Å². The third-order valence-corrected chi connectivity index (χ3v) is 1.88. The van der Waals surface area contributed by atoms with E-state index < -0.39 is 17.8 Å². The van der Waals surface area contributed by atoms with Crippen LogP contribution in [0.25, 0.3) is 0 Å². The van der Waals surface area contributed by atoms with Crippen molar-refractivity contribution in [3.05, 3.63) is 28.8 Å². The number of halogens is 4. The molecule has 0 heterocycles. The lowest BCUT2D eigenvalue weighted by Crippen LogP contribution is -2.12. The Balaban J connectivity index is 3.04. The van der Waals surface area contributed by atoms with Crippen molar-refractivity contribution < 1.29 is 22.7 Å². The van der Waals surface area contributed by atoms with Gasteiger partial charge in [-0.15, -0.1) is 0 Å². The van der Waals surface area contributed by atoms with Gasteiger partial charge in [0, 0.05) is 10.7 Å². The Kier molecular flexibility index (Phi) is 3.64. The van der Waals surface area contributed by atoms with E-state index in [4.69, 9.17) is 11.6 Å². The molecule has 1 rings (SSSR count). The molecule has 0 saturated heterocycles. The topological polar surface area (TPSA) is 38.3 Å². The summed E-state index contributed by atoms with van der Waals surface area (Å²) in [4.78, 5) is 10.8. The van der Waals surface area contributed by atoms with Crippen molar-refractivity contribution in [2.75, 3.05) is 12.4 Å². The van der Waals surface area contributed by atoms with E-state index >= 15 is 0 Å². The van der Waals surface area contributed by atoms with E-state index in [-0.39, 0.29) is 10.7 Å². The Bertz CT molecular complexity index is 406. The number of alkyl halides is 3. The van der Waals surface area contributed by atoms with Crippen molar-refractivity contribution in [2.45, 2.75) is 6.18 Å². The third kappa shape index (κ3) is 3.30. The first-order valence-electron chi connectivity index (χ1n) is 4.05. The molecule has 88 valence electrons. The highest BCUT2D eigenvalue weighted by Crippen LogP contribution is 2.33. The van der Waals surface area contributed by atoms with Gasteiger partial charge in [0.05, 0.1) is 12.7 Å². The van der Waals surface area contributed by atoms with Crippen molar-refractivity contribution in [3.8, 4) is 0 Å². The summed E-state index contributed by atoms with van der Waals surface area (Å²) in [5.41, 5.74) is -1.02. The number of rotatable bonds is 1. The van der Waals surface area contributed by atoms with Crippen LogP contribution in [0.5, 0.6) is 0 Å². The number of amides is 1. The number of hydrogen-bond donors (Lipinski definition) is 1. The summed E-state index contributed by atoms with van der Waals surface area (Å²) in [5.74, 6) is 0. The molecule has 0 radical (unpaired) electrons. The number of carbonyl (C=O) groups excluding carboxylic acids is 1. The van der Waals surface area contributed by atoms with Crippen LogP contribution in [0.15, 0.2) is 18.2 Å². The molecule has 0 aliphatic carbocycles. The second-order valence-electron chi connectivity index (χ2n) is 2.84. The minimum Gasteiger partial charge on any atom is -0.453 e. The number of anilines is 1. The lowest BCUT2D eigenvalue weighted by molar-refractivity contribution is -0.137. The van der Waals surface area contributed by atoms with Gasteiger partial charge in [-0.3, -0.25) is 5.32 Å². The minimum absolute atomic E-state index is 0.0772. The molecule has 0 unspecified atom stereocenters. The lowest BCUT2D eigenvalue weighted by atomic mass is 10.2. The van der Waals surface area contributed by atoms with Gasteiger partial charge in [-0.25, -0.2) is 4.79 Å². The van der Waals surface area contributed by atoms with Gasteiger partial charge in [0.2, 0.25) is 0 Å². The summed E-state index contributed by atoms with van der Waals surface area (Å²) < 4.78 is 41.3. The molecule has 0 bridgehead atoms. The normalized spacial score (nSPS) is 11.1. The van der Waals surface area contributed by atoms with Gasteiger partial charge in [-0.1, -0.05) is 11.6 Å². The molecule has 0 aliphatic heterocycles. The van der Waals surface area contributed by atoms with Gasteiger partial charge in [-0.2, -0.15) is 13.2 Å². The van der Waals surface area contributed by atoms with Crippen molar-refractivity contribution in [2.24, 2.45) is 0 Å². The second kappa shape index (κ2) is 4.61. The van der Waals surface area contributed by atoms with Crippen LogP contribution >= 0.6 is 11.6 Å². The molecule has 0 spiro atoms. The molecule has 1 amide bonds. The van der Waals surface area contributed by atoms with Crippen LogP contribution < -0.4 is 5.32 Å². The molecule has 0 saturated carbocycles. The second-order valence-corrected chi connectivity index (χ2v) is 3.28. The summed E-state index contributed by atoms with van der Waals surface area (Å²) >= 11 is 5.49. The van der Waals surface area contributed by atoms with Crippen LogP contribution in [0.1, 0.15) is 5.56 Å². The molecule has 0 fully saturated rings. The fourth-order valence-corrected chi connectivity index (χ4v) is 1.23. The zero-order chi connectivity index (χ0) is 12.3. The predicted octanol–water partition coefficient (Wildman–Crippen LogP) is 3.54. The first-order valence-corrected chi connectivity index (χ1v) is 4.43. The molecule has 0 aromatic heterocycles. The molecule has 3 nitrogen and oxygen atoms in total. The lowest BCUT2D eigenvalue weighted by Gasteiger charge is -2.10. The average molecular weight is 254 g/mol. The van der Waals surface area contributed by atoms with Crippen molar-refractivity contribution in [1.82, 2.24) is 0 Å². The monoisotopic (exact) mass is 253 g/mol. The number of ether oxygens (including phenoxy) is 1. The molecule has 1 N–H and O–H groups in total. The van der Waals surface area contributed by atoms with Crippen molar-refractivity contribution >= 4 is 23.4 Å². The van der Waals surface area contributed by atoms with Gasteiger partial charge >= 0.3 is 12.3 Å². The van der Waals surface area contributed by atoms with E-state index in [9.17, 15) is 18.0 Å². The largest absolute Gasteiger partial charge is 0.453 e.